The topological polar surface area (TPSA) is 79.0 Å². The molecule has 0 spiro atoms. The number of hydrogen-bond donors (Lipinski definition) is 1. The monoisotopic (exact) mass is 323 g/mol. The molecule has 1 fully saturated rings. The number of nitrogens with zero attached hydrogens (tertiary/aromatic N) is 2. The smallest absolute Gasteiger partial charge is 0.224 e. The summed E-state index contributed by atoms with van der Waals surface area (Å²) in [4.78, 5) is 24.9. The van der Waals surface area contributed by atoms with Gasteiger partial charge in [-0.1, -0.05) is 13.8 Å². The van der Waals surface area contributed by atoms with E-state index >= 15 is 0 Å². The first-order valence-electron chi connectivity index (χ1n) is 6.87. The Bertz CT molecular complexity index is 387. The summed E-state index contributed by atoms with van der Waals surface area (Å²) in [7, 11) is 0. The van der Waals surface area contributed by atoms with Crippen LogP contribution in [0.4, 0.5) is 4.39 Å². The van der Waals surface area contributed by atoms with Gasteiger partial charge < -0.3 is 10.2 Å². The molecular weight excluding hydrogens is 301 g/mol. The van der Waals surface area contributed by atoms with Crippen molar-refractivity contribution in [3.8, 4) is 0 Å². The molecule has 1 rings (SSSR count). The van der Waals surface area contributed by atoms with Crippen LogP contribution in [0.25, 0.3) is 0 Å². The molecule has 122 valence electrons. The van der Waals surface area contributed by atoms with E-state index in [-0.39, 0.29) is 24.2 Å². The average molecular weight is 323 g/mol. The molecule has 7 nitrogen and oxygen atoms in total. The molecule has 9 heteroatoms. The summed E-state index contributed by atoms with van der Waals surface area (Å²) < 4.78 is 27.8. The maximum atomic E-state index is 12.1. The summed E-state index contributed by atoms with van der Waals surface area (Å²) >= 11 is -1.95. The third kappa shape index (κ3) is 6.49. The molecule has 1 atom stereocenters. The highest BCUT2D eigenvalue weighted by molar-refractivity contribution is 7.79. The maximum Gasteiger partial charge on any atom is 0.224 e. The van der Waals surface area contributed by atoms with E-state index in [2.05, 4.69) is 5.32 Å². The van der Waals surface area contributed by atoms with Gasteiger partial charge in [-0.2, -0.15) is 9.35 Å². The van der Waals surface area contributed by atoms with Gasteiger partial charge in [-0.25, -0.2) is 8.60 Å². The summed E-state index contributed by atoms with van der Waals surface area (Å²) in [6.45, 7) is 5.53. The van der Waals surface area contributed by atoms with E-state index < -0.39 is 17.1 Å². The van der Waals surface area contributed by atoms with Crippen LogP contribution in [0.3, 0.4) is 0 Å². The molecule has 0 aromatic heterocycles. The lowest BCUT2D eigenvalue weighted by molar-refractivity contribution is -0.139. The lowest BCUT2D eigenvalue weighted by Gasteiger charge is -2.33. The minimum Gasteiger partial charge on any atom is -0.355 e. The van der Waals surface area contributed by atoms with Gasteiger partial charge in [-0.15, -0.1) is 0 Å². The summed E-state index contributed by atoms with van der Waals surface area (Å²) in [5, 5.41) is 4.09. The first-order valence-corrected chi connectivity index (χ1v) is 8.11. The van der Waals surface area contributed by atoms with Crippen LogP contribution in [0.5, 0.6) is 0 Å². The Morgan fingerprint density at radius 3 is 2.43 bits per heavy atom. The van der Waals surface area contributed by atoms with Crippen molar-refractivity contribution in [1.82, 2.24) is 15.3 Å². The van der Waals surface area contributed by atoms with Crippen LogP contribution in [-0.4, -0.2) is 64.7 Å². The molecule has 2 amide bonds. The van der Waals surface area contributed by atoms with Crippen LogP contribution in [0.15, 0.2) is 0 Å². The SMILES string of the molecule is CC(C)C(=O)NCCC(=O)N1CCN(OS(=O)CF)CC1. The summed E-state index contributed by atoms with van der Waals surface area (Å²) in [5.74, 6) is -0.225. The van der Waals surface area contributed by atoms with E-state index in [0.717, 1.165) is 0 Å². The second-order valence-corrected chi connectivity index (χ2v) is 5.97. The highest BCUT2D eigenvalue weighted by Gasteiger charge is 2.22. The van der Waals surface area contributed by atoms with Crippen molar-refractivity contribution in [1.29, 1.82) is 0 Å². The van der Waals surface area contributed by atoms with Gasteiger partial charge in [0.15, 0.2) is 6.01 Å². The zero-order chi connectivity index (χ0) is 15.8. The Hall–Kier alpha value is -1.06. The van der Waals surface area contributed by atoms with E-state index in [0.29, 0.717) is 32.7 Å². The molecule has 0 bridgehead atoms. The Morgan fingerprint density at radius 2 is 1.90 bits per heavy atom. The highest BCUT2D eigenvalue weighted by Crippen LogP contribution is 2.06. The molecule has 0 aromatic carbocycles. The standard InChI is InChI=1S/C12H22FN3O4S/c1-10(2)12(18)14-4-3-11(17)15-5-7-16(8-6-15)20-21(19)9-13/h10H,3-9H2,1-2H3,(H,14,18). The number of hydroxylamine groups is 2. The predicted molar refractivity (Wildman–Crippen MR) is 75.8 cm³/mol. The molecule has 1 heterocycles. The number of alkyl halides is 1. The third-order valence-corrected chi connectivity index (χ3v) is 3.59. The Balaban J connectivity index is 2.23. The molecule has 0 aromatic rings. The first-order chi connectivity index (χ1) is 9.93. The Morgan fingerprint density at radius 1 is 1.29 bits per heavy atom. The number of rotatable bonds is 7. The van der Waals surface area contributed by atoms with Gasteiger partial charge in [0.05, 0.1) is 0 Å². The number of carbonyl (C=O) groups is 2. The number of piperazine rings is 1. The Labute approximate surface area is 126 Å². The van der Waals surface area contributed by atoms with Crippen LogP contribution < -0.4 is 5.32 Å². The molecular formula is C12H22FN3O4S. The largest absolute Gasteiger partial charge is 0.355 e. The van der Waals surface area contributed by atoms with E-state index in [1.54, 1.807) is 18.7 Å². The van der Waals surface area contributed by atoms with Crippen molar-refractivity contribution in [3.63, 3.8) is 0 Å². The van der Waals surface area contributed by atoms with Crippen LogP contribution in [0, 0.1) is 5.92 Å². The summed E-state index contributed by atoms with van der Waals surface area (Å²) in [6, 6.07) is -1.05. The van der Waals surface area contributed by atoms with Gasteiger partial charge in [0.2, 0.25) is 22.9 Å². The number of halogens is 1. The average Bonchev–Trinajstić information content (AvgIpc) is 2.47. The van der Waals surface area contributed by atoms with Crippen molar-refractivity contribution in [2.24, 2.45) is 5.92 Å². The zero-order valence-electron chi connectivity index (χ0n) is 12.3. The molecule has 0 saturated carbocycles. The van der Waals surface area contributed by atoms with Crippen LogP contribution in [0.2, 0.25) is 0 Å². The lowest BCUT2D eigenvalue weighted by atomic mass is 10.2. The quantitative estimate of drug-likeness (QED) is 0.703. The maximum absolute atomic E-state index is 12.1. The number of carbonyl (C=O) groups excluding carboxylic acids is 2. The second-order valence-electron chi connectivity index (χ2n) is 4.99. The molecule has 1 aliphatic rings. The molecule has 21 heavy (non-hydrogen) atoms. The molecule has 0 radical (unpaired) electrons. The van der Waals surface area contributed by atoms with Gasteiger partial charge >= 0.3 is 0 Å². The Kier molecular flexibility index (Phi) is 7.76. The van der Waals surface area contributed by atoms with Crippen molar-refractivity contribution >= 4 is 22.9 Å². The normalized spacial score (nSPS) is 17.8. The third-order valence-electron chi connectivity index (χ3n) is 3.03. The van der Waals surface area contributed by atoms with E-state index in [9.17, 15) is 18.2 Å². The second kappa shape index (κ2) is 9.06. The van der Waals surface area contributed by atoms with Gasteiger partial charge in [-0.3, -0.25) is 9.59 Å². The first kappa shape index (κ1) is 18.0. The predicted octanol–water partition coefficient (Wildman–Crippen LogP) is -0.185. The van der Waals surface area contributed by atoms with Gasteiger partial charge in [0.25, 0.3) is 0 Å². The van der Waals surface area contributed by atoms with Gasteiger partial charge in [0, 0.05) is 45.1 Å². The number of nitrogens with one attached hydrogen (secondary N) is 1. The molecule has 1 unspecified atom stereocenters. The highest BCUT2D eigenvalue weighted by atomic mass is 32.2. The van der Waals surface area contributed by atoms with E-state index in [1.165, 1.54) is 5.06 Å². The van der Waals surface area contributed by atoms with Gasteiger partial charge in [-0.05, 0) is 0 Å². The van der Waals surface area contributed by atoms with Crippen LogP contribution in [0.1, 0.15) is 20.3 Å². The molecule has 1 N–H and O–H groups in total. The van der Waals surface area contributed by atoms with Crippen LogP contribution in [-0.2, 0) is 25.0 Å². The minimum atomic E-state index is -1.95. The molecule has 0 aliphatic carbocycles. The molecule has 1 saturated heterocycles. The molecule has 1 aliphatic heterocycles. The van der Waals surface area contributed by atoms with E-state index in [4.69, 9.17) is 4.28 Å². The minimum absolute atomic E-state index is 0.0506. The fourth-order valence-electron chi connectivity index (χ4n) is 1.80. The lowest BCUT2D eigenvalue weighted by Crippen LogP contribution is -2.49. The number of amides is 2. The summed E-state index contributed by atoms with van der Waals surface area (Å²) in [5.41, 5.74) is 0. The zero-order valence-corrected chi connectivity index (χ0v) is 13.2. The van der Waals surface area contributed by atoms with E-state index in [1.807, 2.05) is 0 Å². The van der Waals surface area contributed by atoms with Gasteiger partial charge in [0.1, 0.15) is 0 Å². The fraction of sp³-hybridized carbons (Fsp3) is 0.833. The summed E-state index contributed by atoms with van der Waals surface area (Å²) in [6.07, 6.45) is 0.246. The van der Waals surface area contributed by atoms with Crippen molar-refractivity contribution in [2.75, 3.05) is 38.7 Å². The number of hydrogen-bond acceptors (Lipinski definition) is 5. The van der Waals surface area contributed by atoms with Crippen molar-refractivity contribution in [2.45, 2.75) is 20.3 Å². The van der Waals surface area contributed by atoms with Crippen LogP contribution >= 0.6 is 0 Å². The van der Waals surface area contributed by atoms with Crippen molar-refractivity contribution < 1.29 is 22.5 Å². The van der Waals surface area contributed by atoms with Crippen molar-refractivity contribution in [3.05, 3.63) is 0 Å². The fourth-order valence-corrected chi connectivity index (χ4v) is 2.23.